The summed E-state index contributed by atoms with van der Waals surface area (Å²) in [6.45, 7) is 1.54. The summed E-state index contributed by atoms with van der Waals surface area (Å²) >= 11 is 0. The second-order valence-electron chi connectivity index (χ2n) is 3.36. The number of nitriles is 1. The average molecular weight is 222 g/mol. The summed E-state index contributed by atoms with van der Waals surface area (Å²) < 4.78 is 13.3. The molecule has 0 radical (unpaired) electrons. The lowest BCUT2D eigenvalue weighted by atomic mass is 10.1. The number of carbonyl (C=O) groups is 1. The molecule has 0 aliphatic rings. The molecule has 16 heavy (non-hydrogen) atoms. The molecule has 1 aromatic rings. The molecule has 1 atom stereocenters. The van der Waals surface area contributed by atoms with Gasteiger partial charge in [0, 0.05) is 12.1 Å². The highest BCUT2D eigenvalue weighted by molar-refractivity contribution is 5.72. The van der Waals surface area contributed by atoms with Crippen LogP contribution in [0, 0.1) is 17.1 Å². The summed E-state index contributed by atoms with van der Waals surface area (Å²) in [5.41, 5.74) is 0.633. The molecule has 0 amide bonds. The molecule has 0 fully saturated rings. The number of nitrogens with zero attached hydrogens (tertiary/aromatic N) is 1. The number of hydrogen-bond donors (Lipinski definition) is 2. The van der Waals surface area contributed by atoms with Gasteiger partial charge in [-0.15, -0.1) is 0 Å². The molecular formula is C11H11FN2O2. The molecule has 0 bridgehead atoms. The van der Waals surface area contributed by atoms with Gasteiger partial charge >= 0.3 is 5.97 Å². The van der Waals surface area contributed by atoms with Crippen LogP contribution in [0.5, 0.6) is 0 Å². The first kappa shape index (κ1) is 12.1. The fourth-order valence-electron chi connectivity index (χ4n) is 1.13. The second kappa shape index (κ2) is 5.24. The fourth-order valence-corrected chi connectivity index (χ4v) is 1.13. The number of halogens is 1. The summed E-state index contributed by atoms with van der Waals surface area (Å²) in [4.78, 5) is 10.5. The van der Waals surface area contributed by atoms with Crippen molar-refractivity contribution >= 4 is 5.97 Å². The zero-order chi connectivity index (χ0) is 12.1. The molecule has 0 aromatic heterocycles. The SMILES string of the molecule is C[C@@H](NCc1cc(C#N)ccc1F)C(=O)O. The Balaban J connectivity index is 2.74. The summed E-state index contributed by atoms with van der Waals surface area (Å²) in [7, 11) is 0. The molecule has 4 nitrogen and oxygen atoms in total. The predicted molar refractivity (Wildman–Crippen MR) is 55.1 cm³/mol. The normalized spacial score (nSPS) is 11.8. The van der Waals surface area contributed by atoms with E-state index in [0.29, 0.717) is 5.56 Å². The van der Waals surface area contributed by atoms with Gasteiger partial charge in [0.15, 0.2) is 0 Å². The highest BCUT2D eigenvalue weighted by atomic mass is 19.1. The van der Waals surface area contributed by atoms with Crippen LogP contribution in [0.15, 0.2) is 18.2 Å². The quantitative estimate of drug-likeness (QED) is 0.804. The van der Waals surface area contributed by atoms with E-state index < -0.39 is 17.8 Å². The van der Waals surface area contributed by atoms with Crippen molar-refractivity contribution in [3.8, 4) is 6.07 Å². The highest BCUT2D eigenvalue weighted by Gasteiger charge is 2.11. The summed E-state index contributed by atoms with van der Waals surface area (Å²) in [5.74, 6) is -1.46. The lowest BCUT2D eigenvalue weighted by Gasteiger charge is -2.09. The standard InChI is InChI=1S/C11H11FN2O2/c1-7(11(15)16)14-6-9-4-8(5-13)2-3-10(9)12/h2-4,7,14H,6H2,1H3,(H,15,16)/t7-/m1/s1. The van der Waals surface area contributed by atoms with E-state index in [1.165, 1.54) is 25.1 Å². The topological polar surface area (TPSA) is 73.1 Å². The molecule has 0 heterocycles. The van der Waals surface area contributed by atoms with Crippen molar-refractivity contribution in [2.24, 2.45) is 0 Å². The average Bonchev–Trinajstić information content (AvgIpc) is 2.27. The number of benzene rings is 1. The molecule has 1 rings (SSSR count). The maximum absolute atomic E-state index is 13.3. The summed E-state index contributed by atoms with van der Waals surface area (Å²) in [6.07, 6.45) is 0. The maximum atomic E-state index is 13.3. The van der Waals surface area contributed by atoms with Crippen molar-refractivity contribution in [1.29, 1.82) is 5.26 Å². The van der Waals surface area contributed by atoms with Crippen LogP contribution in [-0.2, 0) is 11.3 Å². The molecule has 0 unspecified atom stereocenters. The van der Waals surface area contributed by atoms with Crippen molar-refractivity contribution in [1.82, 2.24) is 5.32 Å². The molecule has 0 saturated heterocycles. The monoisotopic (exact) mass is 222 g/mol. The Hall–Kier alpha value is -1.93. The maximum Gasteiger partial charge on any atom is 0.320 e. The third-order valence-electron chi connectivity index (χ3n) is 2.14. The number of aliphatic carboxylic acids is 1. The van der Waals surface area contributed by atoms with Crippen LogP contribution in [0.2, 0.25) is 0 Å². The van der Waals surface area contributed by atoms with Gasteiger partial charge in [-0.05, 0) is 25.1 Å². The summed E-state index contributed by atoms with van der Waals surface area (Å²) in [6, 6.07) is 5.10. The number of nitrogens with one attached hydrogen (secondary N) is 1. The van der Waals surface area contributed by atoms with Gasteiger partial charge in [-0.2, -0.15) is 5.26 Å². The minimum Gasteiger partial charge on any atom is -0.480 e. The third-order valence-corrected chi connectivity index (χ3v) is 2.14. The molecule has 0 spiro atoms. The number of hydrogen-bond acceptors (Lipinski definition) is 3. The van der Waals surface area contributed by atoms with Gasteiger partial charge in [-0.1, -0.05) is 0 Å². The zero-order valence-corrected chi connectivity index (χ0v) is 8.70. The van der Waals surface area contributed by atoms with E-state index in [9.17, 15) is 9.18 Å². The molecule has 5 heteroatoms. The van der Waals surface area contributed by atoms with E-state index in [4.69, 9.17) is 10.4 Å². The van der Waals surface area contributed by atoms with Gasteiger partial charge in [0.25, 0.3) is 0 Å². The second-order valence-corrected chi connectivity index (χ2v) is 3.36. The minimum atomic E-state index is -1.00. The Kier molecular flexibility index (Phi) is 3.97. The third kappa shape index (κ3) is 3.04. The molecule has 0 aliphatic carbocycles. The zero-order valence-electron chi connectivity index (χ0n) is 8.70. The van der Waals surface area contributed by atoms with E-state index in [1.54, 1.807) is 0 Å². The van der Waals surface area contributed by atoms with E-state index >= 15 is 0 Å². The molecule has 0 saturated carbocycles. The fraction of sp³-hybridized carbons (Fsp3) is 0.273. The van der Waals surface area contributed by atoms with Crippen LogP contribution in [0.1, 0.15) is 18.1 Å². The van der Waals surface area contributed by atoms with E-state index in [1.807, 2.05) is 6.07 Å². The van der Waals surface area contributed by atoms with Crippen LogP contribution >= 0.6 is 0 Å². The predicted octanol–water partition coefficient (Wildman–Crippen LogP) is 1.26. The highest BCUT2D eigenvalue weighted by Crippen LogP contribution is 2.09. The lowest BCUT2D eigenvalue weighted by Crippen LogP contribution is -2.33. The van der Waals surface area contributed by atoms with Crippen LogP contribution in [0.25, 0.3) is 0 Å². The van der Waals surface area contributed by atoms with Crippen LogP contribution in [-0.4, -0.2) is 17.1 Å². The van der Waals surface area contributed by atoms with Crippen molar-refractivity contribution in [3.05, 3.63) is 35.1 Å². The Bertz CT molecular complexity index is 440. The Morgan fingerprint density at radius 1 is 1.69 bits per heavy atom. The van der Waals surface area contributed by atoms with Crippen LogP contribution < -0.4 is 5.32 Å². The van der Waals surface area contributed by atoms with Gasteiger partial charge in [-0.25, -0.2) is 4.39 Å². The summed E-state index contributed by atoms with van der Waals surface area (Å²) in [5, 5.41) is 19.9. The van der Waals surface area contributed by atoms with Crippen LogP contribution in [0.4, 0.5) is 4.39 Å². The Labute approximate surface area is 92.3 Å². The van der Waals surface area contributed by atoms with Gasteiger partial charge in [-0.3, -0.25) is 4.79 Å². The number of carboxylic acids is 1. The lowest BCUT2D eigenvalue weighted by molar-refractivity contribution is -0.139. The Morgan fingerprint density at radius 2 is 2.38 bits per heavy atom. The molecule has 84 valence electrons. The Morgan fingerprint density at radius 3 is 2.94 bits per heavy atom. The van der Waals surface area contributed by atoms with E-state index in [-0.39, 0.29) is 12.1 Å². The first-order chi connectivity index (χ1) is 7.54. The van der Waals surface area contributed by atoms with Gasteiger partial charge in [0.2, 0.25) is 0 Å². The number of rotatable bonds is 4. The van der Waals surface area contributed by atoms with Crippen molar-refractivity contribution < 1.29 is 14.3 Å². The van der Waals surface area contributed by atoms with Crippen LogP contribution in [0.3, 0.4) is 0 Å². The molecule has 0 aliphatic heterocycles. The van der Waals surface area contributed by atoms with Crippen molar-refractivity contribution in [2.45, 2.75) is 19.5 Å². The van der Waals surface area contributed by atoms with Gasteiger partial charge in [0.1, 0.15) is 11.9 Å². The van der Waals surface area contributed by atoms with Gasteiger partial charge in [0.05, 0.1) is 11.6 Å². The molecular weight excluding hydrogens is 211 g/mol. The van der Waals surface area contributed by atoms with E-state index in [2.05, 4.69) is 5.32 Å². The minimum absolute atomic E-state index is 0.0782. The van der Waals surface area contributed by atoms with E-state index in [0.717, 1.165) is 0 Å². The number of carboxylic acid groups (broad SMARTS) is 1. The van der Waals surface area contributed by atoms with Crippen molar-refractivity contribution in [3.63, 3.8) is 0 Å². The van der Waals surface area contributed by atoms with Crippen molar-refractivity contribution in [2.75, 3.05) is 0 Å². The first-order valence-electron chi connectivity index (χ1n) is 4.69. The smallest absolute Gasteiger partial charge is 0.320 e. The first-order valence-corrected chi connectivity index (χ1v) is 4.69. The largest absolute Gasteiger partial charge is 0.480 e. The molecule has 2 N–H and O–H groups in total. The van der Waals surface area contributed by atoms with Gasteiger partial charge < -0.3 is 10.4 Å². The molecule has 1 aromatic carbocycles.